The molecule has 0 aromatic heterocycles. The molecule has 1 aromatic carbocycles. The van der Waals surface area contributed by atoms with Gasteiger partial charge in [-0.2, -0.15) is 0 Å². The van der Waals surface area contributed by atoms with Crippen molar-refractivity contribution in [1.29, 1.82) is 0 Å². The van der Waals surface area contributed by atoms with Gasteiger partial charge in [-0.25, -0.2) is 4.39 Å². The van der Waals surface area contributed by atoms with E-state index in [1.54, 1.807) is 6.07 Å². The Morgan fingerprint density at radius 3 is 2.78 bits per heavy atom. The smallest absolute Gasteiger partial charge is 0.123 e. The van der Waals surface area contributed by atoms with Gasteiger partial charge in [0.15, 0.2) is 0 Å². The van der Waals surface area contributed by atoms with E-state index in [0.29, 0.717) is 22.8 Å². The summed E-state index contributed by atoms with van der Waals surface area (Å²) in [6.45, 7) is 0.171. The molecule has 5 heteroatoms. The zero-order valence-corrected chi connectivity index (χ0v) is 11.3. The molecule has 0 aliphatic rings. The third-order valence-corrected chi connectivity index (χ3v) is 3.97. The predicted molar refractivity (Wildman–Crippen MR) is 70.6 cm³/mol. The zero-order valence-electron chi connectivity index (χ0n) is 10.5. The summed E-state index contributed by atoms with van der Waals surface area (Å²) in [6, 6.07) is 4.24. The van der Waals surface area contributed by atoms with Gasteiger partial charge < -0.3 is 9.84 Å². The Bertz CT molecular complexity index is 396. The summed E-state index contributed by atoms with van der Waals surface area (Å²) in [5.41, 5.74) is 0.637. The molecule has 1 rings (SSSR count). The summed E-state index contributed by atoms with van der Waals surface area (Å²) in [5, 5.41) is 8.63. The average Bonchev–Trinajstić information content (AvgIpc) is 2.35. The van der Waals surface area contributed by atoms with Crippen molar-refractivity contribution in [3.63, 3.8) is 0 Å². The highest BCUT2D eigenvalue weighted by Gasteiger charge is 2.08. The van der Waals surface area contributed by atoms with Crippen LogP contribution in [0.2, 0.25) is 0 Å². The lowest BCUT2D eigenvalue weighted by molar-refractivity contribution is 0.284. The van der Waals surface area contributed by atoms with Gasteiger partial charge in [-0.05, 0) is 31.0 Å². The van der Waals surface area contributed by atoms with Gasteiger partial charge in [0.2, 0.25) is 0 Å². The van der Waals surface area contributed by atoms with Gasteiger partial charge in [-0.3, -0.25) is 4.21 Å². The van der Waals surface area contributed by atoms with E-state index in [4.69, 9.17) is 9.84 Å². The van der Waals surface area contributed by atoms with Crippen molar-refractivity contribution < 1.29 is 18.4 Å². The average molecular weight is 274 g/mol. The van der Waals surface area contributed by atoms with Crippen LogP contribution in [0.4, 0.5) is 4.39 Å². The van der Waals surface area contributed by atoms with Gasteiger partial charge >= 0.3 is 0 Å². The van der Waals surface area contributed by atoms with Crippen molar-refractivity contribution in [2.24, 2.45) is 0 Å². The molecule has 1 unspecified atom stereocenters. The van der Waals surface area contributed by atoms with E-state index in [0.717, 1.165) is 19.3 Å². The molecular formula is C13H19FO3S. The van der Waals surface area contributed by atoms with Crippen LogP contribution in [-0.4, -0.2) is 28.8 Å². The number of unbranched alkanes of at least 4 members (excludes halogenated alkanes) is 2. The molecule has 0 radical (unpaired) electrons. The van der Waals surface area contributed by atoms with E-state index >= 15 is 0 Å². The van der Waals surface area contributed by atoms with E-state index in [9.17, 15) is 8.60 Å². The largest absolute Gasteiger partial charge is 0.496 e. The van der Waals surface area contributed by atoms with Crippen LogP contribution >= 0.6 is 0 Å². The maximum Gasteiger partial charge on any atom is 0.123 e. The van der Waals surface area contributed by atoms with Crippen molar-refractivity contribution in [3.05, 3.63) is 29.6 Å². The molecule has 0 bridgehead atoms. The number of hydrogen-bond donors (Lipinski definition) is 1. The number of benzene rings is 1. The molecule has 3 nitrogen and oxygen atoms in total. The van der Waals surface area contributed by atoms with E-state index in [-0.39, 0.29) is 12.4 Å². The Labute approximate surface area is 109 Å². The van der Waals surface area contributed by atoms with Crippen LogP contribution in [0.25, 0.3) is 0 Å². The van der Waals surface area contributed by atoms with E-state index in [1.165, 1.54) is 19.2 Å². The minimum Gasteiger partial charge on any atom is -0.496 e. The molecule has 102 valence electrons. The zero-order chi connectivity index (χ0) is 13.4. The Morgan fingerprint density at radius 1 is 1.33 bits per heavy atom. The molecule has 0 spiro atoms. The second-order valence-electron chi connectivity index (χ2n) is 4.03. The second-order valence-corrected chi connectivity index (χ2v) is 5.61. The minimum absolute atomic E-state index is 0.171. The number of aliphatic hydroxyl groups excluding tert-OH is 1. The summed E-state index contributed by atoms with van der Waals surface area (Å²) in [4.78, 5) is 0. The molecule has 1 N–H and O–H groups in total. The maximum atomic E-state index is 13.1. The standard InChI is InChI=1S/C13H19FO3S/c1-17-13-6-5-12(14)9-11(13)10-18(16)8-4-2-3-7-15/h5-6,9,15H,2-4,7-8,10H2,1H3. The molecule has 0 aliphatic heterocycles. The third-order valence-electron chi connectivity index (χ3n) is 2.59. The summed E-state index contributed by atoms with van der Waals surface area (Å²) in [7, 11) is 0.492. The third kappa shape index (κ3) is 5.14. The Kier molecular flexibility index (Phi) is 6.90. The number of rotatable bonds is 8. The molecule has 18 heavy (non-hydrogen) atoms. The highest BCUT2D eigenvalue weighted by atomic mass is 32.2. The summed E-state index contributed by atoms with van der Waals surface area (Å²) >= 11 is 0. The van der Waals surface area contributed by atoms with Gasteiger partial charge in [0.1, 0.15) is 11.6 Å². The van der Waals surface area contributed by atoms with Crippen LogP contribution in [0.1, 0.15) is 24.8 Å². The highest BCUT2D eigenvalue weighted by Crippen LogP contribution is 2.21. The van der Waals surface area contributed by atoms with Crippen LogP contribution in [0.5, 0.6) is 5.75 Å². The SMILES string of the molecule is COc1ccc(F)cc1CS(=O)CCCCCO. The second kappa shape index (κ2) is 8.21. The van der Waals surface area contributed by atoms with Gasteiger partial charge in [0, 0.05) is 28.7 Å². The van der Waals surface area contributed by atoms with Crippen molar-refractivity contribution in [2.45, 2.75) is 25.0 Å². The molecule has 1 aromatic rings. The lowest BCUT2D eigenvalue weighted by atomic mass is 10.2. The first-order chi connectivity index (χ1) is 8.67. The Morgan fingerprint density at radius 2 is 2.11 bits per heavy atom. The highest BCUT2D eigenvalue weighted by molar-refractivity contribution is 7.84. The predicted octanol–water partition coefficient (Wildman–Crippen LogP) is 2.25. The van der Waals surface area contributed by atoms with Gasteiger partial charge in [-0.15, -0.1) is 0 Å². The van der Waals surface area contributed by atoms with Crippen molar-refractivity contribution in [2.75, 3.05) is 19.5 Å². The number of aliphatic hydroxyl groups is 1. The first kappa shape index (κ1) is 15.1. The van der Waals surface area contributed by atoms with Crippen LogP contribution in [0.15, 0.2) is 18.2 Å². The maximum absolute atomic E-state index is 13.1. The monoisotopic (exact) mass is 274 g/mol. The number of halogens is 1. The van der Waals surface area contributed by atoms with Crippen LogP contribution in [0.3, 0.4) is 0 Å². The fraction of sp³-hybridized carbons (Fsp3) is 0.538. The van der Waals surface area contributed by atoms with Crippen LogP contribution in [-0.2, 0) is 16.6 Å². The number of ether oxygens (including phenoxy) is 1. The van der Waals surface area contributed by atoms with Crippen LogP contribution in [0, 0.1) is 5.82 Å². The minimum atomic E-state index is -1.02. The Balaban J connectivity index is 2.50. The molecule has 0 saturated heterocycles. The van der Waals surface area contributed by atoms with Gasteiger partial charge in [-0.1, -0.05) is 6.42 Å². The normalized spacial score (nSPS) is 12.4. The summed E-state index contributed by atoms with van der Waals surface area (Å²) < 4.78 is 30.0. The number of methoxy groups -OCH3 is 1. The van der Waals surface area contributed by atoms with Crippen molar-refractivity contribution in [1.82, 2.24) is 0 Å². The van der Waals surface area contributed by atoms with Crippen molar-refractivity contribution in [3.8, 4) is 5.75 Å². The first-order valence-electron chi connectivity index (χ1n) is 5.95. The van der Waals surface area contributed by atoms with E-state index in [2.05, 4.69) is 0 Å². The van der Waals surface area contributed by atoms with E-state index in [1.807, 2.05) is 0 Å². The first-order valence-corrected chi connectivity index (χ1v) is 7.44. The number of hydrogen-bond acceptors (Lipinski definition) is 3. The summed E-state index contributed by atoms with van der Waals surface area (Å²) in [6.07, 6.45) is 2.41. The van der Waals surface area contributed by atoms with Gasteiger partial charge in [0.25, 0.3) is 0 Å². The lowest BCUT2D eigenvalue weighted by Crippen LogP contribution is -2.03. The Hall–Kier alpha value is -0.940. The van der Waals surface area contributed by atoms with Crippen LogP contribution < -0.4 is 4.74 Å². The lowest BCUT2D eigenvalue weighted by Gasteiger charge is -2.08. The molecule has 0 aliphatic carbocycles. The quantitative estimate of drug-likeness (QED) is 0.740. The molecule has 0 amide bonds. The fourth-order valence-corrected chi connectivity index (χ4v) is 2.90. The molecular weight excluding hydrogens is 255 g/mol. The summed E-state index contributed by atoms with van der Waals surface area (Å²) in [5.74, 6) is 1.10. The topological polar surface area (TPSA) is 46.5 Å². The van der Waals surface area contributed by atoms with E-state index < -0.39 is 10.8 Å². The molecule has 0 saturated carbocycles. The van der Waals surface area contributed by atoms with Gasteiger partial charge in [0.05, 0.1) is 12.9 Å². The fourth-order valence-electron chi connectivity index (χ4n) is 1.66. The molecule has 1 atom stereocenters. The van der Waals surface area contributed by atoms with Crippen molar-refractivity contribution >= 4 is 10.8 Å². The molecule has 0 fully saturated rings. The molecule has 0 heterocycles.